The monoisotopic (exact) mass is 367 g/mol. The molecule has 27 heavy (non-hydrogen) atoms. The molecule has 0 saturated carbocycles. The fourth-order valence-electron chi connectivity index (χ4n) is 2.39. The SMILES string of the molecule is CCOc1ccc(-c2nc(O)nc(NNc3ccccc3)n2)cc1OCC. The van der Waals surface area contributed by atoms with E-state index in [1.54, 1.807) is 18.2 Å². The van der Waals surface area contributed by atoms with Crippen LogP contribution in [-0.2, 0) is 0 Å². The highest BCUT2D eigenvalue weighted by Crippen LogP contribution is 2.32. The maximum absolute atomic E-state index is 9.88. The van der Waals surface area contributed by atoms with E-state index in [1.807, 2.05) is 44.2 Å². The van der Waals surface area contributed by atoms with E-state index in [1.165, 1.54) is 0 Å². The van der Waals surface area contributed by atoms with Crippen LogP contribution in [0.25, 0.3) is 11.4 Å². The van der Waals surface area contributed by atoms with Crippen LogP contribution in [0.3, 0.4) is 0 Å². The Balaban J connectivity index is 1.85. The van der Waals surface area contributed by atoms with Gasteiger partial charge in [0.2, 0.25) is 5.95 Å². The molecule has 0 amide bonds. The lowest BCUT2D eigenvalue weighted by Gasteiger charge is -2.13. The molecule has 0 aliphatic heterocycles. The number of hydrazine groups is 1. The number of nitrogens with zero attached hydrogens (tertiary/aromatic N) is 3. The molecule has 0 spiro atoms. The van der Waals surface area contributed by atoms with Gasteiger partial charge in [-0.3, -0.25) is 10.9 Å². The van der Waals surface area contributed by atoms with Gasteiger partial charge in [-0.15, -0.1) is 0 Å². The third-order valence-electron chi connectivity index (χ3n) is 3.52. The van der Waals surface area contributed by atoms with Gasteiger partial charge in [0, 0.05) is 5.56 Å². The Bertz CT molecular complexity index is 890. The Morgan fingerprint density at radius 3 is 2.33 bits per heavy atom. The summed E-state index contributed by atoms with van der Waals surface area (Å²) < 4.78 is 11.2. The average Bonchev–Trinajstić information content (AvgIpc) is 2.68. The summed E-state index contributed by atoms with van der Waals surface area (Å²) in [5.41, 5.74) is 7.32. The Kier molecular flexibility index (Phi) is 5.88. The van der Waals surface area contributed by atoms with Gasteiger partial charge in [0.15, 0.2) is 17.3 Å². The maximum atomic E-state index is 9.88. The quantitative estimate of drug-likeness (QED) is 0.520. The molecule has 8 heteroatoms. The van der Waals surface area contributed by atoms with E-state index in [9.17, 15) is 5.11 Å². The molecule has 3 rings (SSSR count). The number of ether oxygens (including phenoxy) is 2. The number of anilines is 2. The molecule has 0 atom stereocenters. The summed E-state index contributed by atoms with van der Waals surface area (Å²) in [5, 5.41) is 9.88. The first-order valence-corrected chi connectivity index (χ1v) is 8.61. The number of benzene rings is 2. The molecule has 8 nitrogen and oxygen atoms in total. The molecule has 0 aliphatic rings. The fraction of sp³-hybridized carbons (Fsp3) is 0.211. The van der Waals surface area contributed by atoms with E-state index in [0.717, 1.165) is 5.69 Å². The average molecular weight is 367 g/mol. The standard InChI is InChI=1S/C19H21N5O3/c1-3-26-15-11-10-13(12-16(15)27-4-2)17-20-18(22-19(25)21-17)24-23-14-8-6-5-7-9-14/h5-12,23H,3-4H2,1-2H3,(H2,20,21,22,24,25). The number of aromatic nitrogens is 3. The first-order chi connectivity index (χ1) is 13.2. The fourth-order valence-corrected chi connectivity index (χ4v) is 2.39. The zero-order chi connectivity index (χ0) is 19.1. The first-order valence-electron chi connectivity index (χ1n) is 8.61. The van der Waals surface area contributed by atoms with Crippen molar-refractivity contribution in [2.45, 2.75) is 13.8 Å². The largest absolute Gasteiger partial charge is 0.490 e. The van der Waals surface area contributed by atoms with E-state index < -0.39 is 0 Å². The Labute approximate surface area is 157 Å². The maximum Gasteiger partial charge on any atom is 0.319 e. The molecule has 0 bridgehead atoms. The highest BCUT2D eigenvalue weighted by atomic mass is 16.5. The van der Waals surface area contributed by atoms with Crippen molar-refractivity contribution in [3.63, 3.8) is 0 Å². The zero-order valence-corrected chi connectivity index (χ0v) is 15.1. The number of rotatable bonds is 8. The van der Waals surface area contributed by atoms with Gasteiger partial charge < -0.3 is 14.6 Å². The number of hydrogen-bond acceptors (Lipinski definition) is 8. The summed E-state index contributed by atoms with van der Waals surface area (Å²) in [7, 11) is 0. The molecule has 0 aliphatic carbocycles. The molecule has 0 unspecified atom stereocenters. The molecular weight excluding hydrogens is 346 g/mol. The van der Waals surface area contributed by atoms with Crippen molar-refractivity contribution >= 4 is 11.6 Å². The smallest absolute Gasteiger partial charge is 0.319 e. The van der Waals surface area contributed by atoms with Crippen LogP contribution in [0, 0.1) is 0 Å². The van der Waals surface area contributed by atoms with Crippen LogP contribution in [0.2, 0.25) is 0 Å². The van der Waals surface area contributed by atoms with Crippen LogP contribution in [-0.4, -0.2) is 33.3 Å². The predicted octanol–water partition coefficient (Wildman–Crippen LogP) is 3.48. The van der Waals surface area contributed by atoms with Crippen LogP contribution in [0.4, 0.5) is 11.6 Å². The molecule has 3 aromatic rings. The Morgan fingerprint density at radius 2 is 1.59 bits per heavy atom. The summed E-state index contributed by atoms with van der Waals surface area (Å²) in [6, 6.07) is 14.5. The van der Waals surface area contributed by atoms with Crippen LogP contribution in [0.15, 0.2) is 48.5 Å². The molecule has 3 N–H and O–H groups in total. The third-order valence-corrected chi connectivity index (χ3v) is 3.52. The number of nitrogens with one attached hydrogen (secondary N) is 2. The molecular formula is C19H21N5O3. The van der Waals surface area contributed by atoms with Gasteiger partial charge >= 0.3 is 6.01 Å². The Morgan fingerprint density at radius 1 is 0.852 bits per heavy atom. The Hall–Kier alpha value is -3.55. The van der Waals surface area contributed by atoms with E-state index in [-0.39, 0.29) is 12.0 Å². The van der Waals surface area contributed by atoms with Crippen LogP contribution in [0.1, 0.15) is 13.8 Å². The van der Waals surface area contributed by atoms with Crippen molar-refractivity contribution in [1.82, 2.24) is 15.0 Å². The second-order valence-corrected chi connectivity index (χ2v) is 5.43. The van der Waals surface area contributed by atoms with Crippen molar-refractivity contribution in [2.75, 3.05) is 24.1 Å². The second kappa shape index (κ2) is 8.70. The topological polar surface area (TPSA) is 101 Å². The minimum Gasteiger partial charge on any atom is -0.490 e. The van der Waals surface area contributed by atoms with Crippen molar-refractivity contribution in [2.24, 2.45) is 0 Å². The molecule has 1 aromatic heterocycles. The molecule has 140 valence electrons. The van der Waals surface area contributed by atoms with Gasteiger partial charge in [0.05, 0.1) is 18.9 Å². The highest BCUT2D eigenvalue weighted by Gasteiger charge is 2.12. The van der Waals surface area contributed by atoms with Gasteiger partial charge in [0.25, 0.3) is 0 Å². The number of aromatic hydroxyl groups is 1. The summed E-state index contributed by atoms with van der Waals surface area (Å²) in [4.78, 5) is 12.2. The van der Waals surface area contributed by atoms with Gasteiger partial charge in [0.1, 0.15) is 0 Å². The van der Waals surface area contributed by atoms with Crippen molar-refractivity contribution < 1.29 is 14.6 Å². The molecule has 2 aromatic carbocycles. The predicted molar refractivity (Wildman–Crippen MR) is 103 cm³/mol. The van der Waals surface area contributed by atoms with E-state index >= 15 is 0 Å². The van der Waals surface area contributed by atoms with Gasteiger partial charge in [-0.1, -0.05) is 18.2 Å². The molecule has 1 heterocycles. The normalized spacial score (nSPS) is 10.3. The summed E-state index contributed by atoms with van der Waals surface area (Å²) in [6.45, 7) is 4.84. The highest BCUT2D eigenvalue weighted by molar-refractivity contribution is 5.62. The van der Waals surface area contributed by atoms with Gasteiger partial charge in [-0.05, 0) is 44.2 Å². The van der Waals surface area contributed by atoms with Crippen molar-refractivity contribution in [3.05, 3.63) is 48.5 Å². The van der Waals surface area contributed by atoms with E-state index in [2.05, 4.69) is 25.8 Å². The lowest BCUT2D eigenvalue weighted by molar-refractivity contribution is 0.288. The van der Waals surface area contributed by atoms with Crippen LogP contribution < -0.4 is 20.3 Å². The first kappa shape index (κ1) is 18.2. The van der Waals surface area contributed by atoms with Gasteiger partial charge in [-0.25, -0.2) is 0 Å². The summed E-state index contributed by atoms with van der Waals surface area (Å²) >= 11 is 0. The van der Waals surface area contributed by atoms with E-state index in [0.29, 0.717) is 36.1 Å². The second-order valence-electron chi connectivity index (χ2n) is 5.43. The molecule has 0 fully saturated rings. The van der Waals surface area contributed by atoms with Crippen LogP contribution in [0.5, 0.6) is 17.5 Å². The molecule has 0 saturated heterocycles. The molecule has 0 radical (unpaired) electrons. The number of hydrogen-bond donors (Lipinski definition) is 3. The zero-order valence-electron chi connectivity index (χ0n) is 15.1. The van der Waals surface area contributed by atoms with Crippen molar-refractivity contribution in [1.29, 1.82) is 0 Å². The van der Waals surface area contributed by atoms with Gasteiger partial charge in [-0.2, -0.15) is 15.0 Å². The van der Waals surface area contributed by atoms with E-state index in [4.69, 9.17) is 9.47 Å². The lowest BCUT2D eigenvalue weighted by Crippen LogP contribution is -2.12. The summed E-state index contributed by atoms with van der Waals surface area (Å²) in [6.07, 6.45) is 0. The lowest BCUT2D eigenvalue weighted by atomic mass is 10.2. The number of para-hydroxylation sites is 1. The summed E-state index contributed by atoms with van der Waals surface area (Å²) in [5.74, 6) is 1.73. The van der Waals surface area contributed by atoms with Crippen LogP contribution >= 0.6 is 0 Å². The minimum atomic E-state index is -0.385. The minimum absolute atomic E-state index is 0.188. The third kappa shape index (κ3) is 4.75. The van der Waals surface area contributed by atoms with Crippen molar-refractivity contribution in [3.8, 4) is 28.9 Å².